The zero-order valence-corrected chi connectivity index (χ0v) is 17.5. The quantitative estimate of drug-likeness (QED) is 0.583. The maximum Gasteiger partial charge on any atom is 0.270 e. The van der Waals surface area contributed by atoms with E-state index < -0.39 is 0 Å². The van der Waals surface area contributed by atoms with Gasteiger partial charge in [0, 0.05) is 24.0 Å². The molecule has 0 saturated carbocycles. The molecule has 0 atom stereocenters. The molecule has 30 heavy (non-hydrogen) atoms. The first-order valence-corrected chi connectivity index (χ1v) is 11.0. The summed E-state index contributed by atoms with van der Waals surface area (Å²) in [6.45, 7) is 4.16. The molecular formula is C23H24FN3O2S. The van der Waals surface area contributed by atoms with Crippen molar-refractivity contribution in [1.29, 1.82) is 0 Å². The van der Waals surface area contributed by atoms with Crippen LogP contribution >= 0.6 is 11.3 Å². The summed E-state index contributed by atoms with van der Waals surface area (Å²) in [6.07, 6.45) is 2.50. The molecule has 7 heteroatoms. The van der Waals surface area contributed by atoms with E-state index in [4.69, 9.17) is 4.74 Å². The zero-order valence-electron chi connectivity index (χ0n) is 16.6. The molecule has 1 fully saturated rings. The Morgan fingerprint density at radius 1 is 1.10 bits per heavy atom. The van der Waals surface area contributed by atoms with Crippen LogP contribution in [0.5, 0.6) is 5.75 Å². The average molecular weight is 426 g/mol. The van der Waals surface area contributed by atoms with Crippen molar-refractivity contribution in [1.82, 2.24) is 15.2 Å². The van der Waals surface area contributed by atoms with Crippen LogP contribution in [0.4, 0.5) is 4.39 Å². The highest BCUT2D eigenvalue weighted by Gasteiger charge is 2.14. The van der Waals surface area contributed by atoms with E-state index in [1.54, 1.807) is 17.5 Å². The molecule has 1 aliphatic rings. The molecule has 1 aliphatic heterocycles. The van der Waals surface area contributed by atoms with E-state index in [9.17, 15) is 9.18 Å². The fourth-order valence-electron chi connectivity index (χ4n) is 3.38. The van der Waals surface area contributed by atoms with Crippen LogP contribution in [0.25, 0.3) is 10.6 Å². The predicted octanol–water partition coefficient (Wildman–Crippen LogP) is 4.35. The molecule has 1 saturated heterocycles. The third-order valence-corrected chi connectivity index (χ3v) is 5.96. The molecular weight excluding hydrogens is 401 g/mol. The number of nitrogens with zero attached hydrogens (tertiary/aromatic N) is 2. The molecule has 1 aromatic heterocycles. The molecule has 5 nitrogen and oxygen atoms in total. The van der Waals surface area contributed by atoms with Gasteiger partial charge in [-0.1, -0.05) is 12.1 Å². The standard InChI is InChI=1S/C23H24FN3O2S/c24-19-7-3-17(4-8-19)15-29-20-9-5-18(6-10-20)23-26-21(16-30-23)22(28)25-11-14-27-12-1-2-13-27/h3-10,16H,1-2,11-15H2,(H,25,28). The largest absolute Gasteiger partial charge is 0.489 e. The Morgan fingerprint density at radius 3 is 2.57 bits per heavy atom. The van der Waals surface area contributed by atoms with Crippen LogP contribution in [0.3, 0.4) is 0 Å². The lowest BCUT2D eigenvalue weighted by molar-refractivity contribution is 0.0945. The van der Waals surface area contributed by atoms with Crippen molar-refractivity contribution in [2.75, 3.05) is 26.2 Å². The Balaban J connectivity index is 1.29. The SMILES string of the molecule is O=C(NCCN1CCCC1)c1csc(-c2ccc(OCc3ccc(F)cc3)cc2)n1. The zero-order chi connectivity index (χ0) is 20.8. The van der Waals surface area contributed by atoms with Gasteiger partial charge in [-0.15, -0.1) is 11.3 Å². The van der Waals surface area contributed by atoms with Gasteiger partial charge in [0.25, 0.3) is 5.91 Å². The van der Waals surface area contributed by atoms with Crippen LogP contribution in [0.15, 0.2) is 53.9 Å². The molecule has 0 radical (unpaired) electrons. The van der Waals surface area contributed by atoms with Gasteiger partial charge >= 0.3 is 0 Å². The fourth-order valence-corrected chi connectivity index (χ4v) is 4.18. The number of hydrogen-bond donors (Lipinski definition) is 1. The summed E-state index contributed by atoms with van der Waals surface area (Å²) in [5.41, 5.74) is 2.29. The maximum atomic E-state index is 13.0. The Hall–Kier alpha value is -2.77. The molecule has 3 aromatic rings. The monoisotopic (exact) mass is 425 g/mol. The predicted molar refractivity (Wildman–Crippen MR) is 116 cm³/mol. The smallest absolute Gasteiger partial charge is 0.270 e. The van der Waals surface area contributed by atoms with Gasteiger partial charge in [0.2, 0.25) is 0 Å². The van der Waals surface area contributed by atoms with Crippen LogP contribution in [-0.2, 0) is 6.61 Å². The number of aromatic nitrogens is 1. The van der Waals surface area contributed by atoms with Crippen LogP contribution in [0.2, 0.25) is 0 Å². The van der Waals surface area contributed by atoms with Crippen molar-refractivity contribution in [2.24, 2.45) is 0 Å². The van der Waals surface area contributed by atoms with E-state index in [1.165, 1.54) is 36.3 Å². The highest BCUT2D eigenvalue weighted by molar-refractivity contribution is 7.13. The molecule has 0 bridgehead atoms. The van der Waals surface area contributed by atoms with E-state index >= 15 is 0 Å². The van der Waals surface area contributed by atoms with Crippen molar-refractivity contribution in [3.63, 3.8) is 0 Å². The first-order chi connectivity index (χ1) is 14.7. The first kappa shape index (κ1) is 20.5. The number of benzene rings is 2. The second kappa shape index (κ2) is 9.82. The number of likely N-dealkylation sites (tertiary alicyclic amines) is 1. The molecule has 2 aromatic carbocycles. The Morgan fingerprint density at radius 2 is 1.83 bits per heavy atom. The molecule has 2 heterocycles. The normalized spacial score (nSPS) is 14.0. The number of ether oxygens (including phenoxy) is 1. The van der Waals surface area contributed by atoms with Crippen molar-refractivity contribution < 1.29 is 13.9 Å². The summed E-state index contributed by atoms with van der Waals surface area (Å²) < 4.78 is 18.7. The summed E-state index contributed by atoms with van der Waals surface area (Å²) in [6, 6.07) is 13.8. The minimum atomic E-state index is -0.258. The second-order valence-corrected chi connectivity index (χ2v) is 8.14. The summed E-state index contributed by atoms with van der Waals surface area (Å²) in [5, 5.41) is 5.54. The van der Waals surface area contributed by atoms with Crippen LogP contribution in [0, 0.1) is 5.82 Å². The summed E-state index contributed by atoms with van der Waals surface area (Å²) in [4.78, 5) is 19.2. The summed E-state index contributed by atoms with van der Waals surface area (Å²) in [5.74, 6) is 0.335. The van der Waals surface area contributed by atoms with Gasteiger partial charge in [-0.25, -0.2) is 9.37 Å². The van der Waals surface area contributed by atoms with Gasteiger partial charge in [0.1, 0.15) is 28.9 Å². The molecule has 0 spiro atoms. The van der Waals surface area contributed by atoms with E-state index in [-0.39, 0.29) is 11.7 Å². The van der Waals surface area contributed by atoms with Crippen molar-refractivity contribution >= 4 is 17.2 Å². The third kappa shape index (κ3) is 5.43. The minimum absolute atomic E-state index is 0.129. The molecule has 156 valence electrons. The number of carbonyl (C=O) groups excluding carboxylic acids is 1. The van der Waals surface area contributed by atoms with Gasteiger partial charge < -0.3 is 15.0 Å². The number of hydrogen-bond acceptors (Lipinski definition) is 5. The number of amides is 1. The number of carbonyl (C=O) groups is 1. The summed E-state index contributed by atoms with van der Waals surface area (Å²) in [7, 11) is 0. The first-order valence-electron chi connectivity index (χ1n) is 10.1. The van der Waals surface area contributed by atoms with Gasteiger partial charge in [-0.05, 0) is 67.9 Å². The van der Waals surface area contributed by atoms with Gasteiger partial charge in [-0.2, -0.15) is 0 Å². The number of thiazole rings is 1. The van der Waals surface area contributed by atoms with Crippen molar-refractivity contribution in [3.8, 4) is 16.3 Å². The fraction of sp³-hybridized carbons (Fsp3) is 0.304. The number of rotatable bonds is 8. The molecule has 1 N–H and O–H groups in total. The van der Waals surface area contributed by atoms with E-state index in [2.05, 4.69) is 15.2 Å². The second-order valence-electron chi connectivity index (χ2n) is 7.28. The molecule has 1 amide bonds. The van der Waals surface area contributed by atoms with Crippen LogP contribution in [-0.4, -0.2) is 42.0 Å². The Kier molecular flexibility index (Phi) is 6.71. The highest BCUT2D eigenvalue weighted by Crippen LogP contribution is 2.26. The number of halogens is 1. The lowest BCUT2D eigenvalue weighted by Gasteiger charge is -2.14. The highest BCUT2D eigenvalue weighted by atomic mass is 32.1. The van der Waals surface area contributed by atoms with E-state index in [0.29, 0.717) is 18.8 Å². The molecule has 0 aliphatic carbocycles. The third-order valence-electron chi connectivity index (χ3n) is 5.07. The van der Waals surface area contributed by atoms with Crippen molar-refractivity contribution in [2.45, 2.75) is 19.4 Å². The maximum absolute atomic E-state index is 13.0. The van der Waals surface area contributed by atoms with Crippen LogP contribution in [0.1, 0.15) is 28.9 Å². The van der Waals surface area contributed by atoms with E-state index in [1.807, 2.05) is 24.3 Å². The van der Waals surface area contributed by atoms with Crippen molar-refractivity contribution in [3.05, 3.63) is 71.0 Å². The van der Waals surface area contributed by atoms with Gasteiger partial charge in [0.15, 0.2) is 0 Å². The Bertz CT molecular complexity index is 967. The Labute approximate surface area is 179 Å². The number of nitrogens with one attached hydrogen (secondary N) is 1. The van der Waals surface area contributed by atoms with Gasteiger partial charge in [-0.3, -0.25) is 4.79 Å². The summed E-state index contributed by atoms with van der Waals surface area (Å²) >= 11 is 1.45. The minimum Gasteiger partial charge on any atom is -0.489 e. The van der Waals surface area contributed by atoms with Gasteiger partial charge in [0.05, 0.1) is 0 Å². The van der Waals surface area contributed by atoms with Crippen LogP contribution < -0.4 is 10.1 Å². The average Bonchev–Trinajstić information content (AvgIpc) is 3.46. The lowest BCUT2D eigenvalue weighted by atomic mass is 10.2. The molecule has 4 rings (SSSR count). The molecule has 0 unspecified atom stereocenters. The topological polar surface area (TPSA) is 54.5 Å². The van der Waals surface area contributed by atoms with E-state index in [0.717, 1.165) is 41.5 Å². The lowest BCUT2D eigenvalue weighted by Crippen LogP contribution is -2.33.